The lowest BCUT2D eigenvalue weighted by Gasteiger charge is -2.22. The Morgan fingerprint density at radius 3 is 1.68 bits per heavy atom. The van der Waals surface area contributed by atoms with Crippen LogP contribution in [0.5, 0.6) is 5.75 Å². The van der Waals surface area contributed by atoms with E-state index in [2.05, 4.69) is 9.47 Å². The van der Waals surface area contributed by atoms with Crippen LogP contribution < -0.4 is 4.74 Å². The van der Waals surface area contributed by atoms with Gasteiger partial charge in [-0.2, -0.15) is 26.3 Å². The molecule has 0 aliphatic carbocycles. The molecule has 0 spiro atoms. The molecule has 1 rings (SSSR count). The Morgan fingerprint density at radius 2 is 1.36 bits per heavy atom. The van der Waals surface area contributed by atoms with Crippen molar-refractivity contribution in [1.29, 1.82) is 0 Å². The number of carbonyl (C=O) groups excluding carboxylic acids is 1. The minimum Gasteiger partial charge on any atom is -0.411 e. The second-order valence-electron chi connectivity index (χ2n) is 4.07. The number of rotatable bonds is 4. The molecule has 0 bridgehead atoms. The Hall–Kier alpha value is -3.13. The van der Waals surface area contributed by atoms with Crippen molar-refractivity contribution in [2.24, 2.45) is 0 Å². The van der Waals surface area contributed by atoms with Crippen LogP contribution in [0.2, 0.25) is 0 Å². The zero-order valence-electron chi connectivity index (χ0n) is 11.3. The molecule has 0 fully saturated rings. The monoisotopic (exact) mass is 378 g/mol. The Labute approximate surface area is 132 Å². The lowest BCUT2D eigenvalue weighted by Crippen LogP contribution is -2.46. The number of alkyl halides is 6. The summed E-state index contributed by atoms with van der Waals surface area (Å²) in [5.41, 5.74) is -2.50. The quantitative estimate of drug-likeness (QED) is 0.258. The summed E-state index contributed by atoms with van der Waals surface area (Å²) >= 11 is 0. The zero-order chi connectivity index (χ0) is 19.6. The van der Waals surface area contributed by atoms with E-state index >= 15 is 0 Å². The first kappa shape index (κ1) is 19.9. The number of hydrogen-bond acceptors (Lipinski definition) is 7. The van der Waals surface area contributed by atoms with Crippen molar-refractivity contribution < 1.29 is 50.5 Å². The van der Waals surface area contributed by atoms with Crippen LogP contribution in [0, 0.1) is 20.2 Å². The lowest BCUT2D eigenvalue weighted by atomic mass is 10.2. The molecule has 1 aromatic carbocycles. The van der Waals surface area contributed by atoms with Gasteiger partial charge in [0.05, 0.1) is 9.85 Å². The normalized spacial score (nSPS) is 12.0. The van der Waals surface area contributed by atoms with Gasteiger partial charge in [0.2, 0.25) is 0 Å². The highest BCUT2D eigenvalue weighted by molar-refractivity contribution is 5.71. The zero-order valence-corrected chi connectivity index (χ0v) is 11.3. The summed E-state index contributed by atoms with van der Waals surface area (Å²) in [5, 5.41) is 21.4. The molecule has 0 atom stereocenters. The van der Waals surface area contributed by atoms with Gasteiger partial charge < -0.3 is 9.47 Å². The molecular weight excluding hydrogens is 374 g/mol. The molecule has 0 aromatic heterocycles. The smallest absolute Gasteiger partial charge is 0.411 e. The maximum atomic E-state index is 12.3. The van der Waals surface area contributed by atoms with Crippen LogP contribution in [0.15, 0.2) is 18.2 Å². The average Bonchev–Trinajstić information content (AvgIpc) is 2.42. The van der Waals surface area contributed by atoms with Crippen LogP contribution in [-0.4, -0.2) is 34.5 Å². The summed E-state index contributed by atoms with van der Waals surface area (Å²) in [6.45, 7) is 0. The van der Waals surface area contributed by atoms with Crippen LogP contribution in [0.1, 0.15) is 0 Å². The Balaban J connectivity index is 3.19. The average molecular weight is 378 g/mol. The van der Waals surface area contributed by atoms with E-state index in [0.717, 1.165) is 6.07 Å². The molecule has 0 saturated carbocycles. The molecule has 0 N–H and O–H groups in total. The van der Waals surface area contributed by atoms with Crippen molar-refractivity contribution in [2.75, 3.05) is 0 Å². The second kappa shape index (κ2) is 6.78. The first-order valence-electron chi connectivity index (χ1n) is 5.68. The topological polar surface area (TPSA) is 122 Å². The number of para-hydroxylation sites is 1. The first-order chi connectivity index (χ1) is 11.2. The number of ether oxygens (including phenoxy) is 2. The van der Waals surface area contributed by atoms with Crippen molar-refractivity contribution in [2.45, 2.75) is 18.5 Å². The highest BCUT2D eigenvalue weighted by Gasteiger charge is 2.60. The molecule has 15 heteroatoms. The van der Waals surface area contributed by atoms with E-state index in [-0.39, 0.29) is 0 Å². The summed E-state index contributed by atoms with van der Waals surface area (Å²) in [4.78, 5) is 30.0. The summed E-state index contributed by atoms with van der Waals surface area (Å²) in [6.07, 6.45) is -19.4. The van der Waals surface area contributed by atoms with Gasteiger partial charge in [-0.3, -0.25) is 20.2 Å². The van der Waals surface area contributed by atoms with Gasteiger partial charge in [-0.05, 0) is 6.07 Å². The van der Waals surface area contributed by atoms with E-state index in [1.165, 1.54) is 0 Å². The van der Waals surface area contributed by atoms with Crippen molar-refractivity contribution in [3.05, 3.63) is 38.4 Å². The fraction of sp³-hybridized carbons (Fsp3) is 0.300. The standard InChI is InChI=1S/C10H4F6N2O7/c11-9(12,13)7(10(14,15)16)25-8(19)24-6-4(17(20)21)2-1-3-5(6)18(22)23/h1-3,7H. The number of nitrogens with zero attached hydrogens (tertiary/aromatic N) is 2. The highest BCUT2D eigenvalue weighted by atomic mass is 19.4. The van der Waals surface area contributed by atoms with Crippen molar-refractivity contribution in [3.63, 3.8) is 0 Å². The van der Waals surface area contributed by atoms with E-state index in [9.17, 15) is 51.4 Å². The summed E-state index contributed by atoms with van der Waals surface area (Å²) in [7, 11) is 0. The molecule has 25 heavy (non-hydrogen) atoms. The number of nitro groups is 2. The maximum absolute atomic E-state index is 12.3. The Kier molecular flexibility index (Phi) is 5.40. The lowest BCUT2D eigenvalue weighted by molar-refractivity contribution is -0.395. The van der Waals surface area contributed by atoms with Gasteiger partial charge in [0.15, 0.2) is 0 Å². The molecule has 0 aliphatic rings. The Bertz CT molecular complexity index is 656. The predicted molar refractivity (Wildman–Crippen MR) is 62.8 cm³/mol. The predicted octanol–water partition coefficient (Wildman–Crippen LogP) is 3.51. The third-order valence-corrected chi connectivity index (χ3v) is 2.36. The molecule has 9 nitrogen and oxygen atoms in total. The molecule has 138 valence electrons. The maximum Gasteiger partial charge on any atom is 0.515 e. The van der Waals surface area contributed by atoms with Crippen LogP contribution in [0.3, 0.4) is 0 Å². The van der Waals surface area contributed by atoms with Crippen LogP contribution in [0.4, 0.5) is 42.5 Å². The van der Waals surface area contributed by atoms with Crippen molar-refractivity contribution >= 4 is 17.5 Å². The van der Waals surface area contributed by atoms with E-state index in [1.807, 2.05) is 0 Å². The highest BCUT2D eigenvalue weighted by Crippen LogP contribution is 2.39. The van der Waals surface area contributed by atoms with Gasteiger partial charge in [0.1, 0.15) is 0 Å². The van der Waals surface area contributed by atoms with Crippen LogP contribution in [0.25, 0.3) is 0 Å². The van der Waals surface area contributed by atoms with E-state index in [0.29, 0.717) is 12.1 Å². The van der Waals surface area contributed by atoms with E-state index in [4.69, 9.17) is 0 Å². The van der Waals surface area contributed by atoms with Crippen molar-refractivity contribution in [3.8, 4) is 5.75 Å². The summed E-state index contributed by atoms with van der Waals surface area (Å²) < 4.78 is 80.5. The van der Waals surface area contributed by atoms with Crippen LogP contribution in [-0.2, 0) is 4.74 Å². The molecule has 0 aliphatic heterocycles. The number of halogens is 6. The van der Waals surface area contributed by atoms with Crippen molar-refractivity contribution in [1.82, 2.24) is 0 Å². The summed E-state index contributed by atoms with van der Waals surface area (Å²) in [5.74, 6) is -1.48. The number of nitro benzene ring substituents is 2. The molecule has 0 amide bonds. The number of hydrogen-bond donors (Lipinski definition) is 0. The fourth-order valence-electron chi connectivity index (χ4n) is 1.43. The fourth-order valence-corrected chi connectivity index (χ4v) is 1.43. The SMILES string of the molecule is O=C(Oc1c([N+](=O)[O-])cccc1[N+](=O)[O-])OC(C(F)(F)F)C(F)(F)F. The third kappa shape index (κ3) is 4.92. The van der Waals surface area contributed by atoms with Gasteiger partial charge >= 0.3 is 29.9 Å². The first-order valence-corrected chi connectivity index (χ1v) is 5.68. The third-order valence-electron chi connectivity index (χ3n) is 2.36. The molecule has 0 saturated heterocycles. The van der Waals surface area contributed by atoms with Gasteiger partial charge in [0, 0.05) is 12.1 Å². The molecular formula is C10H4F6N2O7. The number of carbonyl (C=O) groups is 1. The Morgan fingerprint density at radius 1 is 0.960 bits per heavy atom. The molecule has 0 radical (unpaired) electrons. The summed E-state index contributed by atoms with van der Waals surface area (Å²) in [6, 6.07) is 1.92. The van der Waals surface area contributed by atoms with E-state index < -0.39 is 51.6 Å². The number of benzene rings is 1. The second-order valence-corrected chi connectivity index (χ2v) is 4.07. The van der Waals surface area contributed by atoms with Gasteiger partial charge in [-0.25, -0.2) is 4.79 Å². The van der Waals surface area contributed by atoms with Gasteiger partial charge in [0.25, 0.3) is 11.9 Å². The van der Waals surface area contributed by atoms with Gasteiger partial charge in [-0.15, -0.1) is 0 Å². The minimum absolute atomic E-state index is 0.570. The minimum atomic E-state index is -6.06. The molecule has 0 unspecified atom stereocenters. The van der Waals surface area contributed by atoms with Crippen LogP contribution >= 0.6 is 0 Å². The molecule has 0 heterocycles. The van der Waals surface area contributed by atoms with Gasteiger partial charge in [-0.1, -0.05) is 0 Å². The van der Waals surface area contributed by atoms with E-state index in [1.54, 1.807) is 0 Å². The largest absolute Gasteiger partial charge is 0.515 e. The molecule has 1 aromatic rings.